The monoisotopic (exact) mass is 548 g/mol. The van der Waals surface area contributed by atoms with Crippen LogP contribution in [0.25, 0.3) is 0 Å². The molecule has 4 fully saturated rings. The molecule has 7 nitrogen and oxygen atoms in total. The van der Waals surface area contributed by atoms with Crippen LogP contribution in [0.5, 0.6) is 0 Å². The fraction of sp³-hybridized carbons (Fsp3) is 0.906. The summed E-state index contributed by atoms with van der Waals surface area (Å²) in [7, 11) is 0. The lowest BCUT2D eigenvalue weighted by Gasteiger charge is -2.72. The summed E-state index contributed by atoms with van der Waals surface area (Å²) in [6, 6.07) is 0. The second-order valence-electron chi connectivity index (χ2n) is 15.7. The Kier molecular flexibility index (Phi) is 6.81. The van der Waals surface area contributed by atoms with Gasteiger partial charge in [-0.25, -0.2) is 0 Å². The molecular formula is C32H52O7. The Morgan fingerprint density at radius 3 is 2.18 bits per heavy atom. The van der Waals surface area contributed by atoms with E-state index in [-0.39, 0.29) is 41.3 Å². The van der Waals surface area contributed by atoms with Crippen LogP contribution in [-0.4, -0.2) is 69.1 Å². The summed E-state index contributed by atoms with van der Waals surface area (Å²) in [5, 5.41) is 55.3. The van der Waals surface area contributed by atoms with Crippen molar-refractivity contribution in [3.05, 3.63) is 11.6 Å². The number of allylic oxidation sites excluding steroid dienone is 2. The van der Waals surface area contributed by atoms with Crippen LogP contribution in [-0.2, 0) is 9.53 Å². The molecule has 4 saturated carbocycles. The number of ether oxygens (including phenoxy) is 1. The van der Waals surface area contributed by atoms with E-state index in [9.17, 15) is 30.3 Å². The van der Waals surface area contributed by atoms with Crippen LogP contribution < -0.4 is 0 Å². The Balaban J connectivity index is 1.66. The van der Waals surface area contributed by atoms with E-state index in [0.717, 1.165) is 25.7 Å². The van der Waals surface area contributed by atoms with Gasteiger partial charge in [-0.3, -0.25) is 4.79 Å². The van der Waals surface area contributed by atoms with Crippen molar-refractivity contribution in [1.82, 2.24) is 0 Å². The van der Waals surface area contributed by atoms with Gasteiger partial charge in [0.25, 0.3) is 0 Å². The van der Waals surface area contributed by atoms with Gasteiger partial charge in [0.1, 0.15) is 6.10 Å². The Morgan fingerprint density at radius 2 is 1.59 bits per heavy atom. The van der Waals surface area contributed by atoms with E-state index < -0.39 is 46.6 Å². The Labute approximate surface area is 234 Å². The third kappa shape index (κ3) is 3.55. The Hall–Kier alpha value is -0.990. The maximum Gasteiger partial charge on any atom is 0.302 e. The van der Waals surface area contributed by atoms with Gasteiger partial charge in [0.05, 0.1) is 36.9 Å². The summed E-state index contributed by atoms with van der Waals surface area (Å²) in [5.41, 5.74) is -1.61. The van der Waals surface area contributed by atoms with Gasteiger partial charge < -0.3 is 30.3 Å². The molecule has 0 amide bonds. The van der Waals surface area contributed by atoms with Gasteiger partial charge >= 0.3 is 5.97 Å². The number of carbonyl (C=O) groups is 1. The molecule has 12 atom stereocenters. The first-order valence-corrected chi connectivity index (χ1v) is 15.1. The number of hydrogen-bond donors (Lipinski definition) is 5. The van der Waals surface area contributed by atoms with E-state index in [0.29, 0.717) is 25.2 Å². The SMILES string of the molecule is CC(=O)O[C@@H]1C[C@]2(C)C(=CC[C@@H]3[C@@]4(C)CC[C@H](O)[C@](C)(CO)[C@@H]4CC[C@]32C)[C@@H]2CC(C)(C)[C@H](O)[C@@H](O)[C@]12CO. The topological polar surface area (TPSA) is 127 Å². The minimum Gasteiger partial charge on any atom is -0.462 e. The van der Waals surface area contributed by atoms with Crippen molar-refractivity contribution in [3.8, 4) is 0 Å². The zero-order chi connectivity index (χ0) is 29.0. The fourth-order valence-corrected chi connectivity index (χ4v) is 11.2. The lowest BCUT2D eigenvalue weighted by atomic mass is 9.33. The van der Waals surface area contributed by atoms with E-state index in [1.54, 1.807) is 0 Å². The van der Waals surface area contributed by atoms with Gasteiger partial charge in [-0.05, 0) is 84.4 Å². The number of aliphatic hydroxyl groups excluding tert-OH is 5. The van der Waals surface area contributed by atoms with Crippen molar-refractivity contribution >= 4 is 5.97 Å². The lowest BCUT2D eigenvalue weighted by molar-refractivity contribution is -0.263. The largest absolute Gasteiger partial charge is 0.462 e. The highest BCUT2D eigenvalue weighted by Crippen LogP contribution is 2.75. The van der Waals surface area contributed by atoms with Crippen LogP contribution in [0.15, 0.2) is 11.6 Å². The molecule has 7 heteroatoms. The maximum absolute atomic E-state index is 12.5. The molecule has 5 aliphatic carbocycles. The molecule has 0 bridgehead atoms. The molecule has 0 spiro atoms. The average Bonchev–Trinajstić information content (AvgIpc) is 2.85. The zero-order valence-electron chi connectivity index (χ0n) is 25.0. The van der Waals surface area contributed by atoms with Crippen molar-refractivity contribution in [2.45, 2.75) is 118 Å². The highest BCUT2D eigenvalue weighted by Gasteiger charge is 2.73. The summed E-state index contributed by atoms with van der Waals surface area (Å²) in [4.78, 5) is 12.5. The second-order valence-corrected chi connectivity index (χ2v) is 15.7. The van der Waals surface area contributed by atoms with Crippen molar-refractivity contribution in [3.63, 3.8) is 0 Å². The lowest BCUT2D eigenvalue weighted by Crippen LogP contribution is -2.72. The molecular weight excluding hydrogens is 496 g/mol. The number of fused-ring (bicyclic) bond motifs is 7. The molecule has 0 saturated heterocycles. The van der Waals surface area contributed by atoms with Crippen LogP contribution in [0.4, 0.5) is 0 Å². The molecule has 0 aromatic heterocycles. The van der Waals surface area contributed by atoms with Crippen molar-refractivity contribution in [1.29, 1.82) is 0 Å². The third-order valence-corrected chi connectivity index (χ3v) is 13.8. The van der Waals surface area contributed by atoms with Gasteiger partial charge in [0.15, 0.2) is 0 Å². The van der Waals surface area contributed by atoms with Crippen LogP contribution >= 0.6 is 0 Å². The zero-order valence-corrected chi connectivity index (χ0v) is 25.0. The highest BCUT2D eigenvalue weighted by molar-refractivity contribution is 5.66. The van der Waals surface area contributed by atoms with Gasteiger partial charge in [-0.1, -0.05) is 53.2 Å². The first-order chi connectivity index (χ1) is 18.0. The molecule has 0 aromatic carbocycles. The smallest absolute Gasteiger partial charge is 0.302 e. The first-order valence-electron chi connectivity index (χ1n) is 15.1. The maximum atomic E-state index is 12.5. The van der Waals surface area contributed by atoms with Gasteiger partial charge in [-0.2, -0.15) is 0 Å². The molecule has 5 N–H and O–H groups in total. The van der Waals surface area contributed by atoms with Gasteiger partial charge in [0, 0.05) is 12.3 Å². The molecule has 0 aliphatic heterocycles. The molecule has 5 aliphatic rings. The van der Waals surface area contributed by atoms with Crippen LogP contribution in [0.3, 0.4) is 0 Å². The molecule has 0 unspecified atom stereocenters. The molecule has 222 valence electrons. The van der Waals surface area contributed by atoms with Gasteiger partial charge in [0.2, 0.25) is 0 Å². The van der Waals surface area contributed by atoms with E-state index in [1.165, 1.54) is 12.5 Å². The molecule has 0 heterocycles. The summed E-state index contributed by atoms with van der Waals surface area (Å²) < 4.78 is 6.01. The predicted octanol–water partition coefficient (Wildman–Crippen LogP) is 3.60. The number of carbonyl (C=O) groups excluding carboxylic acids is 1. The molecule has 39 heavy (non-hydrogen) atoms. The fourth-order valence-electron chi connectivity index (χ4n) is 11.2. The first kappa shape index (κ1) is 29.5. The third-order valence-electron chi connectivity index (χ3n) is 13.8. The summed E-state index contributed by atoms with van der Waals surface area (Å²) in [6.45, 7) is 14.0. The standard InChI is InChI=1S/C32H52O7/c1-18(35)39-24-15-31(7)19(20-14-27(2,3)25(37)26(38)32(20,24)17-34)8-9-22-28(4)12-11-23(36)29(5,16-33)21(28)10-13-30(22,31)6/h8,20-26,33-34,36-38H,9-17H2,1-7H3/t20-,21+,22+,23-,24+,25+,26+,28-,29+,30+,31+,32-/m0/s1. The normalized spacial score (nSPS) is 54.4. The Bertz CT molecular complexity index is 1040. The molecule has 0 radical (unpaired) electrons. The van der Waals surface area contributed by atoms with E-state index >= 15 is 0 Å². The van der Waals surface area contributed by atoms with Crippen molar-refractivity contribution < 1.29 is 35.1 Å². The van der Waals surface area contributed by atoms with Crippen molar-refractivity contribution in [2.24, 2.45) is 50.2 Å². The minimum atomic E-state index is -1.23. The Morgan fingerprint density at radius 1 is 0.923 bits per heavy atom. The summed E-state index contributed by atoms with van der Waals surface area (Å²) in [5.74, 6) is -0.173. The second kappa shape index (κ2) is 9.00. The van der Waals surface area contributed by atoms with Gasteiger partial charge in [-0.15, -0.1) is 0 Å². The highest BCUT2D eigenvalue weighted by atomic mass is 16.5. The number of hydrogen-bond acceptors (Lipinski definition) is 7. The van der Waals surface area contributed by atoms with E-state index in [2.05, 4.69) is 33.8 Å². The summed E-state index contributed by atoms with van der Waals surface area (Å²) in [6.07, 6.45) is 4.18. The minimum absolute atomic E-state index is 0.0267. The molecule has 5 rings (SSSR count). The predicted molar refractivity (Wildman–Crippen MR) is 147 cm³/mol. The average molecular weight is 549 g/mol. The van der Waals surface area contributed by atoms with Crippen molar-refractivity contribution in [2.75, 3.05) is 13.2 Å². The summed E-state index contributed by atoms with van der Waals surface area (Å²) >= 11 is 0. The number of aliphatic hydroxyl groups is 5. The van der Waals surface area contributed by atoms with Crippen LogP contribution in [0.2, 0.25) is 0 Å². The van der Waals surface area contributed by atoms with Crippen LogP contribution in [0, 0.1) is 50.2 Å². The molecule has 0 aromatic rings. The van der Waals surface area contributed by atoms with E-state index in [4.69, 9.17) is 4.74 Å². The number of rotatable bonds is 3. The quantitative estimate of drug-likeness (QED) is 0.269. The number of esters is 1. The van der Waals surface area contributed by atoms with Crippen LogP contribution in [0.1, 0.15) is 93.4 Å². The van der Waals surface area contributed by atoms with E-state index in [1.807, 2.05) is 13.8 Å².